The molecule has 6 heteroatoms. The maximum atomic E-state index is 12.2. The molecule has 0 unspecified atom stereocenters. The summed E-state index contributed by atoms with van der Waals surface area (Å²) in [7, 11) is 0. The van der Waals surface area contributed by atoms with Gasteiger partial charge >= 0.3 is 5.97 Å². The minimum Gasteiger partial charge on any atom is -0.491 e. The molecule has 0 bridgehead atoms. The van der Waals surface area contributed by atoms with E-state index in [9.17, 15) is 9.59 Å². The number of carbonyl (C=O) groups excluding carboxylic acids is 1. The van der Waals surface area contributed by atoms with Crippen molar-refractivity contribution in [1.82, 2.24) is 5.32 Å². The van der Waals surface area contributed by atoms with Crippen LogP contribution in [-0.2, 0) is 4.79 Å². The van der Waals surface area contributed by atoms with Gasteiger partial charge in [0.15, 0.2) is 0 Å². The Kier molecular flexibility index (Phi) is 11.7. The summed E-state index contributed by atoms with van der Waals surface area (Å²) in [5, 5.41) is 11.5. The first-order valence-corrected chi connectivity index (χ1v) is 10.1. The smallest absolute Gasteiger partial charge is 0.303 e. The molecule has 0 heterocycles. The molecular weight excluding hydrogens is 344 g/mol. The number of nitrogens with two attached hydrogens (primary N) is 1. The van der Waals surface area contributed by atoms with Crippen molar-refractivity contribution in [2.24, 2.45) is 0 Å². The van der Waals surface area contributed by atoms with Gasteiger partial charge in [0.25, 0.3) is 5.91 Å². The van der Waals surface area contributed by atoms with E-state index in [2.05, 4.69) is 5.32 Å². The first kappa shape index (κ1) is 22.8. The summed E-state index contributed by atoms with van der Waals surface area (Å²) in [5.41, 5.74) is 6.97. The summed E-state index contributed by atoms with van der Waals surface area (Å²) in [4.78, 5) is 22.6. The van der Waals surface area contributed by atoms with Crippen LogP contribution in [0.2, 0.25) is 0 Å². The molecule has 0 saturated heterocycles. The van der Waals surface area contributed by atoms with Gasteiger partial charge in [0.2, 0.25) is 0 Å². The number of ether oxygens (including phenoxy) is 1. The second-order valence-electron chi connectivity index (χ2n) is 6.83. The second kappa shape index (κ2) is 13.9. The van der Waals surface area contributed by atoms with Gasteiger partial charge < -0.3 is 20.9 Å². The van der Waals surface area contributed by atoms with Gasteiger partial charge in [-0.15, -0.1) is 0 Å². The largest absolute Gasteiger partial charge is 0.491 e. The van der Waals surface area contributed by atoms with E-state index in [0.717, 1.165) is 57.8 Å². The molecule has 1 aromatic rings. The normalized spacial score (nSPS) is 10.6. The first-order valence-electron chi connectivity index (χ1n) is 10.1. The van der Waals surface area contributed by atoms with E-state index >= 15 is 0 Å². The lowest BCUT2D eigenvalue weighted by Gasteiger charge is -2.10. The number of hydrogen-bond acceptors (Lipinski definition) is 4. The zero-order chi connectivity index (χ0) is 19.9. The molecule has 0 fully saturated rings. The number of anilines is 1. The maximum absolute atomic E-state index is 12.2. The summed E-state index contributed by atoms with van der Waals surface area (Å²) >= 11 is 0. The third kappa shape index (κ3) is 10.5. The number of amides is 1. The van der Waals surface area contributed by atoms with E-state index in [1.54, 1.807) is 18.2 Å². The van der Waals surface area contributed by atoms with Crippen molar-refractivity contribution >= 4 is 17.6 Å². The van der Waals surface area contributed by atoms with Crippen LogP contribution < -0.4 is 15.8 Å². The van der Waals surface area contributed by atoms with Gasteiger partial charge in [-0.2, -0.15) is 0 Å². The molecule has 0 atom stereocenters. The van der Waals surface area contributed by atoms with Crippen LogP contribution in [-0.4, -0.2) is 30.1 Å². The minimum atomic E-state index is -0.708. The zero-order valence-corrected chi connectivity index (χ0v) is 16.5. The Morgan fingerprint density at radius 2 is 1.67 bits per heavy atom. The molecule has 27 heavy (non-hydrogen) atoms. The van der Waals surface area contributed by atoms with Crippen molar-refractivity contribution in [1.29, 1.82) is 0 Å². The van der Waals surface area contributed by atoms with E-state index in [0.29, 0.717) is 30.2 Å². The van der Waals surface area contributed by atoms with E-state index in [4.69, 9.17) is 15.6 Å². The highest BCUT2D eigenvalue weighted by molar-refractivity contribution is 5.95. The van der Waals surface area contributed by atoms with Crippen LogP contribution in [0.5, 0.6) is 5.75 Å². The van der Waals surface area contributed by atoms with E-state index in [1.807, 2.05) is 6.92 Å². The molecule has 4 N–H and O–H groups in total. The molecule has 0 aliphatic rings. The summed E-state index contributed by atoms with van der Waals surface area (Å²) in [6.07, 6.45) is 9.56. The molecule has 0 aromatic heterocycles. The molecule has 1 rings (SSSR count). The molecular formula is C21H34N2O4. The molecule has 1 amide bonds. The summed E-state index contributed by atoms with van der Waals surface area (Å²) < 4.78 is 5.52. The number of carboxylic acids is 1. The molecule has 0 aliphatic heterocycles. The first-order chi connectivity index (χ1) is 13.0. The van der Waals surface area contributed by atoms with Crippen LogP contribution in [0.15, 0.2) is 18.2 Å². The van der Waals surface area contributed by atoms with Crippen molar-refractivity contribution < 1.29 is 19.4 Å². The number of aliphatic carboxylic acids is 1. The third-order valence-electron chi connectivity index (χ3n) is 4.34. The zero-order valence-electron chi connectivity index (χ0n) is 16.5. The average Bonchev–Trinajstić information content (AvgIpc) is 2.64. The number of nitrogens with one attached hydrogen (secondary N) is 1. The fourth-order valence-corrected chi connectivity index (χ4v) is 2.80. The number of nitrogen functional groups attached to an aromatic ring is 1. The molecule has 0 radical (unpaired) electrons. The number of carboxylic acid groups (broad SMARTS) is 1. The van der Waals surface area contributed by atoms with Gasteiger partial charge in [-0.1, -0.05) is 45.4 Å². The van der Waals surface area contributed by atoms with Gasteiger partial charge in [-0.25, -0.2) is 0 Å². The van der Waals surface area contributed by atoms with Crippen molar-refractivity contribution in [2.75, 3.05) is 18.9 Å². The quantitative estimate of drug-likeness (QED) is 0.310. The Morgan fingerprint density at radius 1 is 1.04 bits per heavy atom. The van der Waals surface area contributed by atoms with Crippen LogP contribution in [0.25, 0.3) is 0 Å². The van der Waals surface area contributed by atoms with Gasteiger partial charge in [0, 0.05) is 18.5 Å². The molecule has 6 nitrogen and oxygen atoms in total. The fourth-order valence-electron chi connectivity index (χ4n) is 2.80. The Hall–Kier alpha value is -2.24. The number of rotatable bonds is 15. The number of carbonyl (C=O) groups is 2. The molecule has 0 saturated carbocycles. The molecule has 0 spiro atoms. The Bertz CT molecular complexity index is 575. The maximum Gasteiger partial charge on any atom is 0.303 e. The van der Waals surface area contributed by atoms with E-state index in [-0.39, 0.29) is 12.3 Å². The lowest BCUT2D eigenvalue weighted by atomic mass is 10.1. The summed E-state index contributed by atoms with van der Waals surface area (Å²) in [5.74, 6) is -0.195. The highest BCUT2D eigenvalue weighted by Crippen LogP contribution is 2.22. The van der Waals surface area contributed by atoms with Gasteiger partial charge in [-0.3, -0.25) is 9.59 Å². The highest BCUT2D eigenvalue weighted by atomic mass is 16.5. The Balaban J connectivity index is 2.08. The monoisotopic (exact) mass is 378 g/mol. The number of benzene rings is 1. The third-order valence-corrected chi connectivity index (χ3v) is 4.34. The van der Waals surface area contributed by atoms with E-state index < -0.39 is 5.97 Å². The Labute approximate surface area is 162 Å². The number of unbranched alkanes of at least 4 members (excludes halogenated alkanes) is 7. The van der Waals surface area contributed by atoms with Crippen LogP contribution in [0.3, 0.4) is 0 Å². The second-order valence-corrected chi connectivity index (χ2v) is 6.83. The van der Waals surface area contributed by atoms with Crippen molar-refractivity contribution in [3.05, 3.63) is 23.8 Å². The SMILES string of the molecule is CCCOc1ccc(C(=O)NCCCCCCCCCCC(=O)O)cc1N. The van der Waals surface area contributed by atoms with Crippen molar-refractivity contribution in [3.63, 3.8) is 0 Å². The lowest BCUT2D eigenvalue weighted by Crippen LogP contribution is -2.24. The van der Waals surface area contributed by atoms with Crippen LogP contribution in [0.4, 0.5) is 5.69 Å². The lowest BCUT2D eigenvalue weighted by molar-refractivity contribution is -0.137. The van der Waals surface area contributed by atoms with Gasteiger partial charge in [0.1, 0.15) is 5.75 Å². The molecule has 152 valence electrons. The van der Waals surface area contributed by atoms with Crippen LogP contribution >= 0.6 is 0 Å². The molecule has 1 aromatic carbocycles. The molecule has 0 aliphatic carbocycles. The minimum absolute atomic E-state index is 0.109. The van der Waals surface area contributed by atoms with Crippen LogP contribution in [0, 0.1) is 0 Å². The Morgan fingerprint density at radius 3 is 2.26 bits per heavy atom. The highest BCUT2D eigenvalue weighted by Gasteiger charge is 2.08. The van der Waals surface area contributed by atoms with Crippen molar-refractivity contribution in [3.8, 4) is 5.75 Å². The standard InChI is InChI=1S/C21H34N2O4/c1-2-15-27-19-13-12-17(16-18(19)22)21(26)23-14-10-8-6-4-3-5-7-9-11-20(24)25/h12-13,16H,2-11,14-15,22H2,1H3,(H,23,26)(H,24,25). The van der Waals surface area contributed by atoms with Gasteiger partial charge in [-0.05, 0) is 37.5 Å². The predicted octanol–water partition coefficient (Wildman–Crippen LogP) is 4.38. The van der Waals surface area contributed by atoms with E-state index in [1.165, 1.54) is 0 Å². The predicted molar refractivity (Wildman–Crippen MR) is 108 cm³/mol. The average molecular weight is 379 g/mol. The van der Waals surface area contributed by atoms with Crippen LogP contribution in [0.1, 0.15) is 81.5 Å². The number of hydrogen-bond donors (Lipinski definition) is 3. The fraction of sp³-hybridized carbons (Fsp3) is 0.619. The van der Waals surface area contributed by atoms with Crippen molar-refractivity contribution in [2.45, 2.75) is 71.1 Å². The summed E-state index contributed by atoms with van der Waals surface area (Å²) in [6, 6.07) is 5.14. The summed E-state index contributed by atoms with van der Waals surface area (Å²) in [6.45, 7) is 3.30. The van der Waals surface area contributed by atoms with Gasteiger partial charge in [0.05, 0.1) is 12.3 Å². The topological polar surface area (TPSA) is 102 Å².